The van der Waals surface area contributed by atoms with Crippen LogP contribution in [0.2, 0.25) is 0 Å². The molecule has 0 unspecified atom stereocenters. The van der Waals surface area contributed by atoms with Gasteiger partial charge >= 0.3 is 6.18 Å². The average Bonchev–Trinajstić information content (AvgIpc) is 2.62. The van der Waals surface area contributed by atoms with Crippen LogP contribution in [0.1, 0.15) is 32.4 Å². The van der Waals surface area contributed by atoms with Gasteiger partial charge in [0.1, 0.15) is 11.8 Å². The number of carbonyl (C=O) groups excluding carboxylic acids is 1. The highest BCUT2D eigenvalue weighted by Crippen LogP contribution is 2.41. The monoisotopic (exact) mass is 316 g/mol. The minimum absolute atomic E-state index is 0.0190. The highest BCUT2D eigenvalue weighted by Gasteiger charge is 2.51. The van der Waals surface area contributed by atoms with Crippen LogP contribution in [0.25, 0.3) is 0 Å². The number of hydrazine groups is 1. The molecular formula is C15H19F3N2O2. The van der Waals surface area contributed by atoms with Gasteiger partial charge in [-0.2, -0.15) is 13.2 Å². The number of rotatable bonds is 4. The Hall–Kier alpha value is -1.76. The third kappa shape index (κ3) is 3.35. The van der Waals surface area contributed by atoms with Crippen molar-refractivity contribution < 1.29 is 22.7 Å². The first-order valence-corrected chi connectivity index (χ1v) is 7.02. The lowest BCUT2D eigenvalue weighted by Gasteiger charge is -2.30. The predicted molar refractivity (Wildman–Crippen MR) is 75.0 cm³/mol. The van der Waals surface area contributed by atoms with Crippen LogP contribution in [0.4, 0.5) is 13.2 Å². The van der Waals surface area contributed by atoms with Gasteiger partial charge in [-0.05, 0) is 38.5 Å². The van der Waals surface area contributed by atoms with Gasteiger partial charge in [0.05, 0.1) is 12.0 Å². The number of amides is 1. The fourth-order valence-electron chi connectivity index (χ4n) is 2.46. The summed E-state index contributed by atoms with van der Waals surface area (Å²) < 4.78 is 45.8. The Kier molecular flexibility index (Phi) is 4.37. The van der Waals surface area contributed by atoms with Crippen LogP contribution in [0, 0.1) is 5.41 Å². The van der Waals surface area contributed by atoms with Crippen LogP contribution in [0.5, 0.6) is 5.75 Å². The number of hydrogen-bond donors (Lipinski definition) is 1. The summed E-state index contributed by atoms with van der Waals surface area (Å²) in [7, 11) is 0. The molecule has 0 saturated carbocycles. The molecule has 0 radical (unpaired) electrons. The predicted octanol–water partition coefficient (Wildman–Crippen LogP) is 3.06. The number of nitrogens with one attached hydrogen (secondary N) is 1. The topological polar surface area (TPSA) is 41.6 Å². The van der Waals surface area contributed by atoms with Crippen molar-refractivity contribution in [1.29, 1.82) is 0 Å². The van der Waals surface area contributed by atoms with E-state index in [0.717, 1.165) is 5.01 Å². The maximum atomic E-state index is 13.5. The summed E-state index contributed by atoms with van der Waals surface area (Å²) in [6.45, 7) is 5.35. The van der Waals surface area contributed by atoms with Crippen LogP contribution in [-0.2, 0) is 4.79 Å². The van der Waals surface area contributed by atoms with Gasteiger partial charge in [-0.3, -0.25) is 10.2 Å². The third-order valence-corrected chi connectivity index (χ3v) is 3.53. The molecule has 0 aromatic heterocycles. The highest BCUT2D eigenvalue weighted by molar-refractivity contribution is 5.83. The Bertz CT molecular complexity index is 558. The molecule has 1 aromatic rings. The Labute approximate surface area is 127 Å². The van der Waals surface area contributed by atoms with Gasteiger partial charge in [0, 0.05) is 6.54 Å². The molecular weight excluding hydrogens is 297 g/mol. The van der Waals surface area contributed by atoms with Crippen molar-refractivity contribution in [3.05, 3.63) is 29.8 Å². The van der Waals surface area contributed by atoms with Crippen molar-refractivity contribution >= 4 is 5.91 Å². The zero-order chi connectivity index (χ0) is 16.5. The van der Waals surface area contributed by atoms with Crippen molar-refractivity contribution in [2.24, 2.45) is 5.41 Å². The quantitative estimate of drug-likeness (QED) is 0.928. The first-order chi connectivity index (χ1) is 10.1. The summed E-state index contributed by atoms with van der Waals surface area (Å²) in [5.74, 6) is -0.0400. The van der Waals surface area contributed by atoms with Gasteiger partial charge in [0.25, 0.3) is 0 Å². The van der Waals surface area contributed by atoms with E-state index in [1.807, 2.05) is 0 Å². The molecule has 1 fully saturated rings. The van der Waals surface area contributed by atoms with Crippen LogP contribution in [0.15, 0.2) is 24.3 Å². The van der Waals surface area contributed by atoms with E-state index in [1.165, 1.54) is 18.2 Å². The number of halogens is 3. The minimum Gasteiger partial charge on any atom is -0.494 e. The van der Waals surface area contributed by atoms with Gasteiger partial charge in [-0.1, -0.05) is 12.1 Å². The highest BCUT2D eigenvalue weighted by atomic mass is 19.4. The van der Waals surface area contributed by atoms with Crippen LogP contribution in [-0.4, -0.2) is 30.2 Å². The van der Waals surface area contributed by atoms with Crippen LogP contribution >= 0.6 is 0 Å². The molecule has 0 aliphatic carbocycles. The molecule has 1 saturated heterocycles. The molecule has 1 N–H and O–H groups in total. The molecule has 0 spiro atoms. The van der Waals surface area contributed by atoms with E-state index >= 15 is 0 Å². The smallest absolute Gasteiger partial charge is 0.409 e. The largest absolute Gasteiger partial charge is 0.494 e. The van der Waals surface area contributed by atoms with Crippen LogP contribution < -0.4 is 10.2 Å². The first-order valence-electron chi connectivity index (χ1n) is 7.02. The Morgan fingerprint density at radius 3 is 2.59 bits per heavy atom. The molecule has 1 aromatic carbocycles. The van der Waals surface area contributed by atoms with Crippen molar-refractivity contribution in [3.8, 4) is 5.75 Å². The van der Waals surface area contributed by atoms with Gasteiger partial charge in [-0.25, -0.2) is 5.01 Å². The van der Waals surface area contributed by atoms with E-state index < -0.39 is 23.5 Å². The Balaban J connectivity index is 2.36. The average molecular weight is 316 g/mol. The Morgan fingerprint density at radius 2 is 2.09 bits per heavy atom. The molecule has 7 heteroatoms. The number of benzene rings is 1. The molecule has 22 heavy (non-hydrogen) atoms. The number of alkyl halides is 3. The van der Waals surface area contributed by atoms with Gasteiger partial charge < -0.3 is 4.74 Å². The second-order valence-corrected chi connectivity index (χ2v) is 5.90. The van der Waals surface area contributed by atoms with E-state index in [-0.39, 0.29) is 12.1 Å². The molecule has 1 atom stereocenters. The van der Waals surface area contributed by atoms with Gasteiger partial charge in [-0.15, -0.1) is 0 Å². The van der Waals surface area contributed by atoms with Gasteiger partial charge in [0.15, 0.2) is 0 Å². The molecule has 1 aliphatic heterocycles. The van der Waals surface area contributed by atoms with Crippen molar-refractivity contribution in [3.63, 3.8) is 0 Å². The SMILES string of the molecule is CCOc1cccc([C@H](N2CC(C)(C)C(=O)N2)C(F)(F)F)c1. The number of ether oxygens (including phenoxy) is 1. The van der Waals surface area contributed by atoms with Crippen molar-refractivity contribution in [2.45, 2.75) is 33.0 Å². The Morgan fingerprint density at radius 1 is 1.41 bits per heavy atom. The number of carbonyl (C=O) groups is 1. The maximum absolute atomic E-state index is 13.5. The second-order valence-electron chi connectivity index (χ2n) is 5.90. The van der Waals surface area contributed by atoms with E-state index in [9.17, 15) is 18.0 Å². The lowest BCUT2D eigenvalue weighted by atomic mass is 9.93. The standard InChI is InChI=1S/C15H19F3N2O2/c1-4-22-11-7-5-6-10(8-11)12(15(16,17)18)20-9-14(2,3)13(21)19-20/h5-8,12H,4,9H2,1-3H3,(H,19,21)/t12-/m0/s1. The second kappa shape index (κ2) is 5.79. The fourth-order valence-corrected chi connectivity index (χ4v) is 2.46. The molecule has 2 rings (SSSR count). The van der Waals surface area contributed by atoms with Crippen LogP contribution in [0.3, 0.4) is 0 Å². The summed E-state index contributed by atoms with van der Waals surface area (Å²) in [4.78, 5) is 11.8. The fraction of sp³-hybridized carbons (Fsp3) is 0.533. The summed E-state index contributed by atoms with van der Waals surface area (Å²) in [5.41, 5.74) is 1.51. The van der Waals surface area contributed by atoms with E-state index in [2.05, 4.69) is 5.43 Å². The zero-order valence-electron chi connectivity index (χ0n) is 12.7. The molecule has 4 nitrogen and oxygen atoms in total. The maximum Gasteiger partial charge on any atom is 0.409 e. The molecule has 1 heterocycles. The number of nitrogens with zero attached hydrogens (tertiary/aromatic N) is 1. The van der Waals surface area contributed by atoms with Crippen molar-refractivity contribution in [2.75, 3.05) is 13.2 Å². The van der Waals surface area contributed by atoms with E-state index in [1.54, 1.807) is 26.8 Å². The first kappa shape index (κ1) is 16.6. The summed E-state index contributed by atoms with van der Waals surface area (Å²) >= 11 is 0. The lowest BCUT2D eigenvalue weighted by Crippen LogP contribution is -2.43. The lowest BCUT2D eigenvalue weighted by molar-refractivity contribution is -0.191. The molecule has 0 bridgehead atoms. The molecule has 1 amide bonds. The van der Waals surface area contributed by atoms with Crippen molar-refractivity contribution in [1.82, 2.24) is 10.4 Å². The minimum atomic E-state index is -4.52. The third-order valence-electron chi connectivity index (χ3n) is 3.53. The summed E-state index contributed by atoms with van der Waals surface area (Å²) in [6, 6.07) is 3.96. The zero-order valence-corrected chi connectivity index (χ0v) is 12.7. The summed E-state index contributed by atoms with van der Waals surface area (Å²) in [5, 5.41) is 0.952. The van der Waals surface area contributed by atoms with Gasteiger partial charge in [0.2, 0.25) is 5.91 Å². The molecule has 122 valence electrons. The molecule has 1 aliphatic rings. The van der Waals surface area contributed by atoms with E-state index in [4.69, 9.17) is 4.74 Å². The number of hydrogen-bond acceptors (Lipinski definition) is 3. The summed E-state index contributed by atoms with van der Waals surface area (Å²) in [6.07, 6.45) is -4.52. The van der Waals surface area contributed by atoms with E-state index in [0.29, 0.717) is 12.4 Å². The normalized spacial score (nSPS) is 19.8.